The maximum absolute atomic E-state index is 9.60. The Bertz CT molecular complexity index is 247. The van der Waals surface area contributed by atoms with Gasteiger partial charge in [-0.1, -0.05) is 35.9 Å². The smallest absolute Gasteiger partial charge is 0.293 e. The molecule has 0 spiro atoms. The van der Waals surface area contributed by atoms with Crippen LogP contribution in [0.1, 0.15) is 26.3 Å². The van der Waals surface area contributed by atoms with Crippen molar-refractivity contribution in [1.82, 2.24) is 0 Å². The summed E-state index contributed by atoms with van der Waals surface area (Å²) in [6.45, 7) is 8.00. The maximum Gasteiger partial charge on any atom is 0.293 e. The van der Waals surface area contributed by atoms with E-state index < -0.39 is 0 Å². The van der Waals surface area contributed by atoms with Gasteiger partial charge in [-0.15, -0.1) is 0 Å². The van der Waals surface area contributed by atoms with E-state index in [0.717, 1.165) is 0 Å². The van der Waals surface area contributed by atoms with Crippen LogP contribution < -0.4 is 0 Å². The predicted octanol–water partition coefficient (Wildman–Crippen LogP) is 2.95. The summed E-state index contributed by atoms with van der Waals surface area (Å²) in [5, 5.41) is 0. The molecule has 0 heterocycles. The molecular formula is C12H18O2. The summed E-state index contributed by atoms with van der Waals surface area (Å²) in [6.07, 6.45) is 0. The molecule has 0 amide bonds. The molecule has 0 atom stereocenters. The molecule has 0 aliphatic carbocycles. The van der Waals surface area contributed by atoms with Gasteiger partial charge in [-0.05, 0) is 27.7 Å². The molecule has 2 heteroatoms. The van der Waals surface area contributed by atoms with E-state index in [4.69, 9.17) is 0 Å². The van der Waals surface area contributed by atoms with Crippen LogP contribution in [0.15, 0.2) is 30.3 Å². The van der Waals surface area contributed by atoms with Crippen molar-refractivity contribution in [2.75, 3.05) is 0 Å². The number of ether oxygens (including phenoxy) is 1. The van der Waals surface area contributed by atoms with E-state index in [2.05, 4.69) is 23.8 Å². The number of aryl methyl sites for hydroxylation is 1. The summed E-state index contributed by atoms with van der Waals surface area (Å²) in [7, 11) is 0. The zero-order valence-electron chi connectivity index (χ0n) is 9.28. The Hall–Kier alpha value is -1.31. The van der Waals surface area contributed by atoms with Gasteiger partial charge >= 0.3 is 0 Å². The molecule has 0 bridgehead atoms. The fourth-order valence-electron chi connectivity index (χ4n) is 0.679. The topological polar surface area (TPSA) is 26.3 Å². The Kier molecular flexibility index (Phi) is 5.61. The predicted molar refractivity (Wildman–Crippen MR) is 58.1 cm³/mol. The molecule has 0 fully saturated rings. The minimum Gasteiger partial charge on any atom is -0.462 e. The fraction of sp³-hybridized carbons (Fsp3) is 0.417. The highest BCUT2D eigenvalue weighted by atomic mass is 16.5. The summed E-state index contributed by atoms with van der Waals surface area (Å²) < 4.78 is 4.55. The van der Waals surface area contributed by atoms with Gasteiger partial charge in [0.15, 0.2) is 0 Å². The largest absolute Gasteiger partial charge is 0.462 e. The van der Waals surface area contributed by atoms with E-state index in [-0.39, 0.29) is 5.60 Å². The molecule has 0 unspecified atom stereocenters. The summed E-state index contributed by atoms with van der Waals surface area (Å²) in [6, 6.07) is 10.3. The Balaban J connectivity index is 0.000000241. The molecule has 14 heavy (non-hydrogen) atoms. The molecule has 0 aromatic heterocycles. The highest BCUT2D eigenvalue weighted by Gasteiger charge is 2.07. The Morgan fingerprint density at radius 3 is 1.79 bits per heavy atom. The van der Waals surface area contributed by atoms with Crippen molar-refractivity contribution < 1.29 is 9.53 Å². The first kappa shape index (κ1) is 12.7. The lowest BCUT2D eigenvalue weighted by atomic mass is 10.2. The second-order valence-corrected chi connectivity index (χ2v) is 3.98. The quantitative estimate of drug-likeness (QED) is 0.642. The van der Waals surface area contributed by atoms with Gasteiger partial charge in [0.1, 0.15) is 5.60 Å². The molecule has 1 aromatic rings. The van der Waals surface area contributed by atoms with E-state index in [1.165, 1.54) is 5.56 Å². The number of carbonyl (C=O) groups is 1. The summed E-state index contributed by atoms with van der Waals surface area (Å²) in [5.74, 6) is 0. The third-order valence-corrected chi connectivity index (χ3v) is 1.34. The lowest BCUT2D eigenvalue weighted by Crippen LogP contribution is -2.17. The molecule has 1 aromatic carbocycles. The third-order valence-electron chi connectivity index (χ3n) is 1.34. The van der Waals surface area contributed by atoms with E-state index in [1.807, 2.05) is 39.0 Å². The average Bonchev–Trinajstić information content (AvgIpc) is 2.04. The van der Waals surface area contributed by atoms with Crippen LogP contribution in [0.2, 0.25) is 0 Å². The zero-order valence-corrected chi connectivity index (χ0v) is 9.28. The van der Waals surface area contributed by atoms with Gasteiger partial charge in [-0.3, -0.25) is 4.79 Å². The van der Waals surface area contributed by atoms with E-state index in [9.17, 15) is 4.79 Å². The second kappa shape index (κ2) is 6.19. The van der Waals surface area contributed by atoms with Gasteiger partial charge in [0.2, 0.25) is 0 Å². The Morgan fingerprint density at radius 2 is 1.64 bits per heavy atom. The highest BCUT2D eigenvalue weighted by molar-refractivity contribution is 5.37. The van der Waals surface area contributed by atoms with E-state index in [0.29, 0.717) is 6.47 Å². The first-order valence-electron chi connectivity index (χ1n) is 4.59. The second-order valence-electron chi connectivity index (χ2n) is 3.98. The first-order valence-corrected chi connectivity index (χ1v) is 4.59. The summed E-state index contributed by atoms with van der Waals surface area (Å²) in [5.41, 5.74) is 1.00. The van der Waals surface area contributed by atoms with Crippen LogP contribution in [0.25, 0.3) is 0 Å². The van der Waals surface area contributed by atoms with Crippen LogP contribution in [-0.4, -0.2) is 12.1 Å². The van der Waals surface area contributed by atoms with Gasteiger partial charge in [0, 0.05) is 0 Å². The number of benzene rings is 1. The number of rotatable bonds is 1. The molecule has 78 valence electrons. The van der Waals surface area contributed by atoms with Gasteiger partial charge in [0.25, 0.3) is 6.47 Å². The monoisotopic (exact) mass is 194 g/mol. The van der Waals surface area contributed by atoms with Gasteiger partial charge in [-0.2, -0.15) is 0 Å². The third kappa shape index (κ3) is 8.78. The van der Waals surface area contributed by atoms with Crippen molar-refractivity contribution in [2.24, 2.45) is 0 Å². The SMILES string of the molecule is CC(C)(C)OC=O.Cc1ccccc1. The van der Waals surface area contributed by atoms with Crippen molar-refractivity contribution in [2.45, 2.75) is 33.3 Å². The average molecular weight is 194 g/mol. The lowest BCUT2D eigenvalue weighted by Gasteiger charge is -2.14. The molecule has 0 saturated carbocycles. The van der Waals surface area contributed by atoms with Crippen molar-refractivity contribution in [3.63, 3.8) is 0 Å². The molecule has 0 saturated heterocycles. The Morgan fingerprint density at radius 1 is 1.14 bits per heavy atom. The number of hydrogen-bond donors (Lipinski definition) is 0. The summed E-state index contributed by atoms with van der Waals surface area (Å²) in [4.78, 5) is 9.60. The first-order chi connectivity index (χ1) is 6.45. The van der Waals surface area contributed by atoms with Crippen LogP contribution in [0.4, 0.5) is 0 Å². The van der Waals surface area contributed by atoms with Crippen LogP contribution in [0.5, 0.6) is 0 Å². The van der Waals surface area contributed by atoms with Crippen molar-refractivity contribution in [3.05, 3.63) is 35.9 Å². The number of carbonyl (C=O) groups excluding carboxylic acids is 1. The van der Waals surface area contributed by atoms with E-state index in [1.54, 1.807) is 0 Å². The lowest BCUT2D eigenvalue weighted by molar-refractivity contribution is -0.138. The zero-order chi connectivity index (χ0) is 11.0. The van der Waals surface area contributed by atoms with Crippen LogP contribution >= 0.6 is 0 Å². The molecule has 0 aliphatic heterocycles. The van der Waals surface area contributed by atoms with Gasteiger partial charge < -0.3 is 4.74 Å². The summed E-state index contributed by atoms with van der Waals surface area (Å²) >= 11 is 0. The highest BCUT2D eigenvalue weighted by Crippen LogP contribution is 2.02. The van der Waals surface area contributed by atoms with E-state index >= 15 is 0 Å². The van der Waals surface area contributed by atoms with Crippen LogP contribution in [0.3, 0.4) is 0 Å². The van der Waals surface area contributed by atoms with Crippen molar-refractivity contribution >= 4 is 6.47 Å². The fourth-order valence-corrected chi connectivity index (χ4v) is 0.679. The maximum atomic E-state index is 9.60. The molecular weight excluding hydrogens is 176 g/mol. The number of hydrogen-bond acceptors (Lipinski definition) is 2. The van der Waals surface area contributed by atoms with Crippen LogP contribution in [0, 0.1) is 6.92 Å². The van der Waals surface area contributed by atoms with Gasteiger partial charge in [-0.25, -0.2) is 0 Å². The molecule has 1 rings (SSSR count). The Labute approximate surface area is 85.9 Å². The van der Waals surface area contributed by atoms with Crippen molar-refractivity contribution in [1.29, 1.82) is 0 Å². The minimum absolute atomic E-state index is 0.318. The normalized spacial score (nSPS) is 9.71. The minimum atomic E-state index is -0.318. The van der Waals surface area contributed by atoms with Crippen LogP contribution in [-0.2, 0) is 9.53 Å². The van der Waals surface area contributed by atoms with Gasteiger partial charge in [0.05, 0.1) is 0 Å². The molecule has 0 N–H and O–H groups in total. The molecule has 2 nitrogen and oxygen atoms in total. The standard InChI is InChI=1S/C7H8.C5H10O2/c1-7-5-3-2-4-6-7;1-5(2,3)7-4-6/h2-6H,1H3;4H,1-3H3. The van der Waals surface area contributed by atoms with Crippen molar-refractivity contribution in [3.8, 4) is 0 Å². The molecule has 0 aliphatic rings. The molecule has 0 radical (unpaired) electrons.